The Morgan fingerprint density at radius 3 is 1.95 bits per heavy atom. The average Bonchev–Trinajstić information content (AvgIpc) is 2.53. The highest BCUT2D eigenvalue weighted by Crippen LogP contribution is 2.26. The van der Waals surface area contributed by atoms with E-state index >= 15 is 0 Å². The second-order valence-electron chi connectivity index (χ2n) is 6.51. The van der Waals surface area contributed by atoms with Gasteiger partial charge in [0, 0.05) is 16.7 Å². The van der Waals surface area contributed by atoms with Gasteiger partial charge >= 0.3 is 0 Å². The molecule has 0 aliphatic carbocycles. The summed E-state index contributed by atoms with van der Waals surface area (Å²) in [5.74, 6) is 0.0106. The van der Waals surface area contributed by atoms with Crippen molar-refractivity contribution in [1.82, 2.24) is 5.06 Å². The van der Waals surface area contributed by atoms with Crippen molar-refractivity contribution in [3.8, 4) is 0 Å². The first-order valence-corrected chi connectivity index (χ1v) is 7.48. The van der Waals surface area contributed by atoms with Gasteiger partial charge < -0.3 is 5.21 Å². The van der Waals surface area contributed by atoms with Gasteiger partial charge in [0.2, 0.25) is 0 Å². The summed E-state index contributed by atoms with van der Waals surface area (Å²) < 4.78 is 0. The molecule has 0 bridgehead atoms. The zero-order chi connectivity index (χ0) is 16.3. The fourth-order valence-electron chi connectivity index (χ4n) is 2.39. The van der Waals surface area contributed by atoms with Gasteiger partial charge in [-0.15, -0.1) is 0 Å². The Morgan fingerprint density at radius 1 is 0.955 bits per heavy atom. The van der Waals surface area contributed by atoms with Gasteiger partial charge in [-0.3, -0.25) is 4.79 Å². The van der Waals surface area contributed by atoms with Gasteiger partial charge in [-0.05, 0) is 33.3 Å². The Balaban J connectivity index is 2.19. The number of hydrogen-bond acceptors (Lipinski definition) is 3. The van der Waals surface area contributed by atoms with Crippen molar-refractivity contribution in [2.45, 2.75) is 39.3 Å². The van der Waals surface area contributed by atoms with Crippen molar-refractivity contribution >= 4 is 5.78 Å². The lowest BCUT2D eigenvalue weighted by Crippen LogP contribution is -2.40. The third-order valence-electron chi connectivity index (χ3n) is 3.75. The molecule has 2 aromatic rings. The predicted molar refractivity (Wildman–Crippen MR) is 88.1 cm³/mol. The molecule has 0 aliphatic rings. The van der Waals surface area contributed by atoms with E-state index in [0.717, 1.165) is 5.56 Å². The summed E-state index contributed by atoms with van der Waals surface area (Å²) in [5.41, 5.74) is 1.98. The largest absolute Gasteiger partial charge is 0.313 e. The third kappa shape index (κ3) is 3.62. The first-order valence-electron chi connectivity index (χ1n) is 7.48. The molecule has 0 aromatic heterocycles. The molecule has 0 aliphatic heterocycles. The zero-order valence-electron chi connectivity index (χ0n) is 13.6. The molecule has 1 unspecified atom stereocenters. The Bertz CT molecular complexity index is 627. The standard InChI is InChI=1S/C19H23NO2/c1-14(20(22)19(2,3)4)15-10-12-17(13-11-15)18(21)16-8-6-5-7-9-16/h5-14,22H,1-4H3. The van der Waals surface area contributed by atoms with E-state index in [1.807, 2.05) is 82.3 Å². The van der Waals surface area contributed by atoms with Crippen LogP contribution in [0, 0.1) is 0 Å². The van der Waals surface area contributed by atoms with Gasteiger partial charge in [0.05, 0.1) is 6.04 Å². The molecule has 0 radical (unpaired) electrons. The van der Waals surface area contributed by atoms with Gasteiger partial charge in [0.15, 0.2) is 5.78 Å². The molecule has 0 saturated heterocycles. The van der Waals surface area contributed by atoms with Crippen LogP contribution in [0.3, 0.4) is 0 Å². The summed E-state index contributed by atoms with van der Waals surface area (Å²) in [6, 6.07) is 16.5. The Labute approximate surface area is 132 Å². The molecular weight excluding hydrogens is 274 g/mol. The van der Waals surface area contributed by atoms with Crippen LogP contribution in [0.5, 0.6) is 0 Å². The first kappa shape index (κ1) is 16.4. The molecular formula is C19H23NO2. The van der Waals surface area contributed by atoms with E-state index in [1.165, 1.54) is 5.06 Å². The molecule has 1 atom stereocenters. The summed E-state index contributed by atoms with van der Waals surface area (Å²) >= 11 is 0. The molecule has 116 valence electrons. The Hall–Kier alpha value is -1.97. The minimum atomic E-state index is -0.335. The minimum Gasteiger partial charge on any atom is -0.313 e. The maximum atomic E-state index is 12.4. The van der Waals surface area contributed by atoms with E-state index in [4.69, 9.17) is 0 Å². The van der Waals surface area contributed by atoms with Crippen LogP contribution in [-0.4, -0.2) is 21.6 Å². The zero-order valence-corrected chi connectivity index (χ0v) is 13.6. The number of carbonyl (C=O) groups excluding carboxylic acids is 1. The van der Waals surface area contributed by atoms with Crippen molar-refractivity contribution in [3.63, 3.8) is 0 Å². The SMILES string of the molecule is CC(c1ccc(C(=O)c2ccccc2)cc1)N(O)C(C)(C)C. The highest BCUT2D eigenvalue weighted by Gasteiger charge is 2.25. The number of hydroxylamine groups is 2. The number of carbonyl (C=O) groups is 1. The monoisotopic (exact) mass is 297 g/mol. The van der Waals surface area contributed by atoms with Crippen molar-refractivity contribution in [2.24, 2.45) is 0 Å². The summed E-state index contributed by atoms with van der Waals surface area (Å²) in [6.07, 6.45) is 0. The molecule has 2 aromatic carbocycles. The van der Waals surface area contributed by atoms with Crippen LogP contribution < -0.4 is 0 Å². The Morgan fingerprint density at radius 2 is 1.45 bits per heavy atom. The second-order valence-corrected chi connectivity index (χ2v) is 6.51. The summed E-state index contributed by atoms with van der Waals surface area (Å²) in [5, 5.41) is 11.6. The van der Waals surface area contributed by atoms with Crippen LogP contribution in [0.1, 0.15) is 55.2 Å². The molecule has 0 saturated carbocycles. The lowest BCUT2D eigenvalue weighted by molar-refractivity contribution is -0.184. The predicted octanol–water partition coefficient (Wildman–Crippen LogP) is 4.47. The van der Waals surface area contributed by atoms with Crippen LogP contribution >= 0.6 is 0 Å². The van der Waals surface area contributed by atoms with Gasteiger partial charge in [-0.2, -0.15) is 5.06 Å². The van der Waals surface area contributed by atoms with E-state index in [2.05, 4.69) is 0 Å². The molecule has 2 rings (SSSR count). The molecule has 0 heterocycles. The summed E-state index contributed by atoms with van der Waals surface area (Å²) in [7, 11) is 0. The summed E-state index contributed by atoms with van der Waals surface area (Å²) in [4.78, 5) is 12.4. The lowest BCUT2D eigenvalue weighted by atomic mass is 9.98. The molecule has 1 N–H and O–H groups in total. The number of nitrogens with zero attached hydrogens (tertiary/aromatic N) is 1. The van der Waals surface area contributed by atoms with Crippen LogP contribution in [0.4, 0.5) is 0 Å². The Kier molecular flexibility index (Phi) is 4.79. The third-order valence-corrected chi connectivity index (χ3v) is 3.75. The van der Waals surface area contributed by atoms with Crippen LogP contribution in [0.15, 0.2) is 54.6 Å². The van der Waals surface area contributed by atoms with Crippen molar-refractivity contribution in [2.75, 3.05) is 0 Å². The smallest absolute Gasteiger partial charge is 0.193 e. The van der Waals surface area contributed by atoms with Crippen LogP contribution in [-0.2, 0) is 0 Å². The molecule has 0 spiro atoms. The maximum Gasteiger partial charge on any atom is 0.193 e. The van der Waals surface area contributed by atoms with E-state index in [9.17, 15) is 10.0 Å². The quantitative estimate of drug-likeness (QED) is 0.668. The molecule has 3 heteroatoms. The normalized spacial score (nSPS) is 13.2. The second kappa shape index (κ2) is 6.42. The minimum absolute atomic E-state index is 0.0106. The average molecular weight is 297 g/mol. The molecule has 3 nitrogen and oxygen atoms in total. The van der Waals surface area contributed by atoms with Crippen molar-refractivity contribution in [3.05, 3.63) is 71.3 Å². The van der Waals surface area contributed by atoms with E-state index in [0.29, 0.717) is 11.1 Å². The highest BCUT2D eigenvalue weighted by molar-refractivity contribution is 6.08. The van der Waals surface area contributed by atoms with E-state index in [-0.39, 0.29) is 17.4 Å². The van der Waals surface area contributed by atoms with Crippen molar-refractivity contribution < 1.29 is 10.0 Å². The first-order chi connectivity index (χ1) is 10.3. The van der Waals surface area contributed by atoms with Gasteiger partial charge in [0.25, 0.3) is 0 Å². The fourth-order valence-corrected chi connectivity index (χ4v) is 2.39. The molecule has 0 amide bonds. The van der Waals surface area contributed by atoms with Gasteiger partial charge in [-0.1, -0.05) is 54.6 Å². The molecule has 22 heavy (non-hydrogen) atoms. The van der Waals surface area contributed by atoms with E-state index in [1.54, 1.807) is 0 Å². The van der Waals surface area contributed by atoms with Gasteiger partial charge in [-0.25, -0.2) is 0 Å². The number of benzene rings is 2. The van der Waals surface area contributed by atoms with E-state index < -0.39 is 0 Å². The topological polar surface area (TPSA) is 40.5 Å². The van der Waals surface area contributed by atoms with Gasteiger partial charge in [0.1, 0.15) is 0 Å². The number of ketones is 1. The fraction of sp³-hybridized carbons (Fsp3) is 0.316. The summed E-state index contributed by atoms with van der Waals surface area (Å²) in [6.45, 7) is 7.81. The maximum absolute atomic E-state index is 12.4. The number of hydrogen-bond donors (Lipinski definition) is 1. The van der Waals surface area contributed by atoms with Crippen molar-refractivity contribution in [1.29, 1.82) is 0 Å². The lowest BCUT2D eigenvalue weighted by Gasteiger charge is -2.34. The molecule has 0 fully saturated rings. The number of rotatable bonds is 4. The highest BCUT2D eigenvalue weighted by atomic mass is 16.5. The van der Waals surface area contributed by atoms with Crippen LogP contribution in [0.25, 0.3) is 0 Å². The van der Waals surface area contributed by atoms with Crippen LogP contribution in [0.2, 0.25) is 0 Å².